The number of anilines is 2. The number of hydrogen-bond acceptors (Lipinski definition) is 6. The van der Waals surface area contributed by atoms with E-state index in [4.69, 9.17) is 4.74 Å². The number of aryl methyl sites for hydroxylation is 2. The van der Waals surface area contributed by atoms with E-state index >= 15 is 0 Å². The van der Waals surface area contributed by atoms with Crippen LogP contribution in [0.25, 0.3) is 10.9 Å². The van der Waals surface area contributed by atoms with Crippen LogP contribution in [0.3, 0.4) is 0 Å². The predicted molar refractivity (Wildman–Crippen MR) is 157 cm³/mol. The van der Waals surface area contributed by atoms with Crippen LogP contribution in [-0.2, 0) is 31.1 Å². The van der Waals surface area contributed by atoms with Gasteiger partial charge < -0.3 is 15.0 Å². The first kappa shape index (κ1) is 26.2. The third kappa shape index (κ3) is 3.59. The molecule has 3 aliphatic heterocycles. The third-order valence-corrected chi connectivity index (χ3v) is 8.92. The van der Waals surface area contributed by atoms with Crippen molar-refractivity contribution in [3.63, 3.8) is 0 Å². The van der Waals surface area contributed by atoms with Crippen molar-refractivity contribution in [2.24, 2.45) is 11.8 Å². The SMILES string of the molecule is CCOC(=O)c1ccc(N2C(=O)[C@@H]3[C@H](Cc4c[nH]c5ccccc45)N[C@]4(C(=O)Nc5c(C)cc(C)cc54)[C@H]3C2=O)cc1. The number of benzene rings is 3. The smallest absolute Gasteiger partial charge is 0.338 e. The summed E-state index contributed by atoms with van der Waals surface area (Å²) in [5.41, 5.74) is 4.49. The van der Waals surface area contributed by atoms with Gasteiger partial charge >= 0.3 is 5.97 Å². The lowest BCUT2D eigenvalue weighted by Gasteiger charge is -2.30. The number of aromatic nitrogens is 1. The fraction of sp³-hybridized carbons (Fsp3) is 0.273. The maximum Gasteiger partial charge on any atom is 0.338 e. The van der Waals surface area contributed by atoms with Crippen molar-refractivity contribution >= 4 is 46.0 Å². The molecule has 3 N–H and O–H groups in total. The topological polar surface area (TPSA) is 121 Å². The van der Waals surface area contributed by atoms with Crippen molar-refractivity contribution in [2.75, 3.05) is 16.8 Å². The van der Waals surface area contributed by atoms with Crippen molar-refractivity contribution in [3.8, 4) is 0 Å². The summed E-state index contributed by atoms with van der Waals surface area (Å²) in [4.78, 5) is 59.3. The van der Waals surface area contributed by atoms with Crippen LogP contribution in [0.5, 0.6) is 0 Å². The number of carbonyl (C=O) groups is 4. The molecule has 1 aromatic heterocycles. The van der Waals surface area contributed by atoms with Gasteiger partial charge in [0.2, 0.25) is 17.7 Å². The van der Waals surface area contributed by atoms with Crippen molar-refractivity contribution < 1.29 is 23.9 Å². The summed E-state index contributed by atoms with van der Waals surface area (Å²) in [7, 11) is 0. The molecule has 0 aliphatic carbocycles. The molecule has 212 valence electrons. The van der Waals surface area contributed by atoms with Crippen LogP contribution in [0.1, 0.15) is 39.5 Å². The maximum atomic E-state index is 14.4. The molecule has 0 unspecified atom stereocenters. The lowest BCUT2D eigenvalue weighted by molar-refractivity contribution is -0.130. The summed E-state index contributed by atoms with van der Waals surface area (Å²) >= 11 is 0. The van der Waals surface area contributed by atoms with Crippen LogP contribution in [0.4, 0.5) is 11.4 Å². The number of ether oxygens (including phenoxy) is 1. The molecular formula is C33H30N4O5. The van der Waals surface area contributed by atoms with E-state index < -0.39 is 35.3 Å². The third-order valence-electron chi connectivity index (χ3n) is 8.92. The van der Waals surface area contributed by atoms with E-state index in [0.717, 1.165) is 27.6 Å². The van der Waals surface area contributed by atoms with E-state index in [9.17, 15) is 19.2 Å². The first-order valence-electron chi connectivity index (χ1n) is 14.2. The molecule has 3 aromatic carbocycles. The number of imide groups is 1. The highest BCUT2D eigenvalue weighted by Crippen LogP contribution is 2.54. The van der Waals surface area contributed by atoms with Crippen molar-refractivity contribution in [1.82, 2.24) is 10.3 Å². The minimum atomic E-state index is -1.40. The van der Waals surface area contributed by atoms with Crippen LogP contribution in [0.2, 0.25) is 0 Å². The molecule has 9 heteroatoms. The summed E-state index contributed by atoms with van der Waals surface area (Å²) in [6.07, 6.45) is 2.37. The summed E-state index contributed by atoms with van der Waals surface area (Å²) < 4.78 is 5.08. The highest BCUT2D eigenvalue weighted by atomic mass is 16.5. The van der Waals surface area contributed by atoms with Gasteiger partial charge in [-0.3, -0.25) is 19.7 Å². The largest absolute Gasteiger partial charge is 0.462 e. The Morgan fingerprint density at radius 2 is 1.76 bits per heavy atom. The van der Waals surface area contributed by atoms with E-state index in [1.165, 1.54) is 4.90 Å². The number of H-pyrrole nitrogens is 1. The summed E-state index contributed by atoms with van der Waals surface area (Å²) in [6.45, 7) is 5.85. The Morgan fingerprint density at radius 3 is 2.52 bits per heavy atom. The molecule has 2 saturated heterocycles. The Bertz CT molecular complexity index is 1810. The molecule has 9 nitrogen and oxygen atoms in total. The molecule has 4 heterocycles. The van der Waals surface area contributed by atoms with Gasteiger partial charge in [-0.2, -0.15) is 0 Å². The van der Waals surface area contributed by atoms with Gasteiger partial charge in [-0.05, 0) is 68.7 Å². The van der Waals surface area contributed by atoms with Crippen LogP contribution >= 0.6 is 0 Å². The number of carbonyl (C=O) groups excluding carboxylic acids is 4. The molecule has 3 amide bonds. The minimum Gasteiger partial charge on any atom is -0.462 e. The van der Waals surface area contributed by atoms with Crippen molar-refractivity contribution in [3.05, 3.63) is 94.7 Å². The lowest BCUT2D eigenvalue weighted by atomic mass is 9.75. The Morgan fingerprint density at radius 1 is 1.00 bits per heavy atom. The molecule has 1 spiro atoms. The number of esters is 1. The number of nitrogens with zero attached hydrogens (tertiary/aromatic N) is 1. The maximum absolute atomic E-state index is 14.4. The van der Waals surface area contributed by atoms with Gasteiger partial charge in [0.25, 0.3) is 0 Å². The number of nitrogens with one attached hydrogen (secondary N) is 3. The molecule has 3 aliphatic rings. The fourth-order valence-corrected chi connectivity index (χ4v) is 7.19. The average molecular weight is 563 g/mol. The number of fused-ring (bicyclic) bond motifs is 5. The lowest BCUT2D eigenvalue weighted by Crippen LogP contribution is -2.53. The molecular weight excluding hydrogens is 532 g/mol. The summed E-state index contributed by atoms with van der Waals surface area (Å²) in [6, 6.07) is 17.6. The Kier molecular flexibility index (Phi) is 5.85. The zero-order valence-corrected chi connectivity index (χ0v) is 23.5. The molecule has 42 heavy (non-hydrogen) atoms. The van der Waals surface area contributed by atoms with Crippen LogP contribution < -0.4 is 15.5 Å². The number of aromatic amines is 1. The van der Waals surface area contributed by atoms with Gasteiger partial charge in [0.05, 0.1) is 29.7 Å². The summed E-state index contributed by atoms with van der Waals surface area (Å²) in [5, 5.41) is 7.61. The van der Waals surface area contributed by atoms with Crippen molar-refractivity contribution in [2.45, 2.75) is 38.8 Å². The molecule has 0 radical (unpaired) electrons. The first-order valence-corrected chi connectivity index (χ1v) is 14.2. The molecule has 0 bridgehead atoms. The van der Waals surface area contributed by atoms with Gasteiger partial charge in [0, 0.05) is 34.4 Å². The van der Waals surface area contributed by atoms with Gasteiger partial charge in [-0.1, -0.05) is 35.9 Å². The second-order valence-electron chi connectivity index (χ2n) is 11.4. The van der Waals surface area contributed by atoms with Crippen molar-refractivity contribution in [1.29, 1.82) is 0 Å². The monoisotopic (exact) mass is 562 g/mol. The zero-order chi connectivity index (χ0) is 29.3. The van der Waals surface area contributed by atoms with E-state index in [-0.39, 0.29) is 18.4 Å². The molecule has 4 aromatic rings. The average Bonchev–Trinajstić information content (AvgIpc) is 3.68. The zero-order valence-electron chi connectivity index (χ0n) is 23.5. The molecule has 7 rings (SSSR count). The number of amides is 3. The highest BCUT2D eigenvalue weighted by molar-refractivity contribution is 6.26. The van der Waals surface area contributed by atoms with Crippen LogP contribution in [0.15, 0.2) is 66.9 Å². The fourth-order valence-electron chi connectivity index (χ4n) is 7.19. The van der Waals surface area contributed by atoms with E-state index in [1.54, 1.807) is 31.2 Å². The van der Waals surface area contributed by atoms with E-state index in [2.05, 4.69) is 15.6 Å². The van der Waals surface area contributed by atoms with Gasteiger partial charge in [-0.15, -0.1) is 0 Å². The summed E-state index contributed by atoms with van der Waals surface area (Å²) in [5.74, 6) is -3.35. The molecule has 2 fully saturated rings. The Labute approximate surface area is 242 Å². The van der Waals surface area contributed by atoms with Crippen LogP contribution in [0, 0.1) is 25.7 Å². The predicted octanol–water partition coefficient (Wildman–Crippen LogP) is 4.13. The number of hydrogen-bond donors (Lipinski definition) is 3. The van der Waals surface area contributed by atoms with E-state index in [0.29, 0.717) is 28.9 Å². The Hall–Kier alpha value is -4.76. The second-order valence-corrected chi connectivity index (χ2v) is 11.4. The van der Waals surface area contributed by atoms with Gasteiger partial charge in [-0.25, -0.2) is 9.69 Å². The Balaban J connectivity index is 1.34. The highest BCUT2D eigenvalue weighted by Gasteiger charge is 2.70. The number of para-hydroxylation sites is 1. The quantitative estimate of drug-likeness (QED) is 0.249. The standard InChI is InChI=1S/C33H30N4O5/c1-4-42-31(40)19-9-11-21(12-10-19)37-29(38)26-25(15-20-16-34-24-8-6-5-7-22(20)24)36-33(27(26)30(37)39)23-14-17(2)13-18(3)28(23)35-32(33)41/h5-14,16,25-27,34,36H,4,15H2,1-3H3,(H,35,41)/t25-,26+,27+,33-/m0/s1. The molecule has 4 atom stereocenters. The number of rotatable bonds is 5. The van der Waals surface area contributed by atoms with Gasteiger partial charge in [0.1, 0.15) is 5.54 Å². The van der Waals surface area contributed by atoms with E-state index in [1.807, 2.05) is 56.4 Å². The molecule has 0 saturated carbocycles. The van der Waals surface area contributed by atoms with Crippen LogP contribution in [-0.4, -0.2) is 41.3 Å². The second kappa shape index (κ2) is 9.39. The normalized spacial score (nSPS) is 24.4. The minimum absolute atomic E-state index is 0.239. The first-order chi connectivity index (χ1) is 20.2. The van der Waals surface area contributed by atoms with Gasteiger partial charge in [0.15, 0.2) is 0 Å².